The van der Waals surface area contributed by atoms with Gasteiger partial charge in [-0.3, -0.25) is 0 Å². The SMILES string of the molecule is CCCCc1ccc(C(=O)Oc2ccc(-c3ccc(C(=O)O)c(CC)c3C(C)CCCC)cc2)cc1. The number of hydrogen-bond acceptors (Lipinski definition) is 3. The quantitative estimate of drug-likeness (QED) is 0.206. The van der Waals surface area contributed by atoms with Crippen molar-refractivity contribution < 1.29 is 19.4 Å². The van der Waals surface area contributed by atoms with Crippen LogP contribution in [0.15, 0.2) is 60.7 Å². The molecule has 1 unspecified atom stereocenters. The summed E-state index contributed by atoms with van der Waals surface area (Å²) in [5.74, 6) is -0.537. The lowest BCUT2D eigenvalue weighted by Crippen LogP contribution is -2.10. The predicted molar refractivity (Wildman–Crippen MR) is 146 cm³/mol. The Hall–Kier alpha value is -3.40. The summed E-state index contributed by atoms with van der Waals surface area (Å²) in [5.41, 5.74) is 6.18. The van der Waals surface area contributed by atoms with Crippen molar-refractivity contribution in [2.75, 3.05) is 0 Å². The van der Waals surface area contributed by atoms with Crippen LogP contribution < -0.4 is 4.74 Å². The van der Waals surface area contributed by atoms with Gasteiger partial charge < -0.3 is 9.84 Å². The number of hydrogen-bond donors (Lipinski definition) is 1. The number of carbonyl (C=O) groups is 2. The number of ether oxygens (including phenoxy) is 1. The fourth-order valence-electron chi connectivity index (χ4n) is 4.77. The number of esters is 1. The summed E-state index contributed by atoms with van der Waals surface area (Å²) in [6.45, 7) is 8.53. The first-order valence-electron chi connectivity index (χ1n) is 13.2. The second-order valence-electron chi connectivity index (χ2n) is 9.47. The molecule has 0 spiro atoms. The van der Waals surface area contributed by atoms with Gasteiger partial charge in [0.15, 0.2) is 0 Å². The Balaban J connectivity index is 1.85. The Morgan fingerprint density at radius 3 is 2.11 bits per heavy atom. The number of carboxylic acids is 1. The first-order chi connectivity index (χ1) is 17.4. The predicted octanol–water partition coefficient (Wildman–Crippen LogP) is 8.47. The van der Waals surface area contributed by atoms with Crippen LogP contribution in [0.1, 0.15) is 103 Å². The fourth-order valence-corrected chi connectivity index (χ4v) is 4.77. The molecule has 1 N–H and O–H groups in total. The minimum atomic E-state index is -0.886. The van der Waals surface area contributed by atoms with Crippen LogP contribution in [-0.4, -0.2) is 17.0 Å². The topological polar surface area (TPSA) is 63.6 Å². The number of aromatic carboxylic acids is 1. The lowest BCUT2D eigenvalue weighted by atomic mass is 9.82. The maximum atomic E-state index is 12.6. The molecule has 0 heterocycles. The van der Waals surface area contributed by atoms with E-state index in [4.69, 9.17) is 4.74 Å². The van der Waals surface area contributed by atoms with E-state index in [-0.39, 0.29) is 11.9 Å². The Bertz CT molecular complexity index is 1160. The van der Waals surface area contributed by atoms with E-state index in [9.17, 15) is 14.7 Å². The average Bonchev–Trinajstić information content (AvgIpc) is 2.90. The molecule has 4 heteroatoms. The van der Waals surface area contributed by atoms with E-state index in [0.717, 1.165) is 60.8 Å². The Morgan fingerprint density at radius 2 is 1.53 bits per heavy atom. The summed E-state index contributed by atoms with van der Waals surface area (Å²) in [4.78, 5) is 24.5. The van der Waals surface area contributed by atoms with E-state index in [0.29, 0.717) is 23.3 Å². The van der Waals surface area contributed by atoms with Gasteiger partial charge in [-0.05, 0) is 89.8 Å². The molecule has 190 valence electrons. The van der Waals surface area contributed by atoms with Crippen molar-refractivity contribution in [2.45, 2.75) is 78.6 Å². The van der Waals surface area contributed by atoms with Crippen LogP contribution in [0.5, 0.6) is 5.75 Å². The van der Waals surface area contributed by atoms with Gasteiger partial charge in [0.1, 0.15) is 5.75 Å². The van der Waals surface area contributed by atoms with Crippen molar-refractivity contribution in [3.63, 3.8) is 0 Å². The van der Waals surface area contributed by atoms with Crippen molar-refractivity contribution in [2.24, 2.45) is 0 Å². The van der Waals surface area contributed by atoms with Crippen molar-refractivity contribution in [3.05, 3.63) is 88.5 Å². The number of benzene rings is 3. The molecular weight excluding hydrogens is 448 g/mol. The highest BCUT2D eigenvalue weighted by molar-refractivity contribution is 5.92. The van der Waals surface area contributed by atoms with Gasteiger partial charge >= 0.3 is 11.9 Å². The van der Waals surface area contributed by atoms with E-state index in [1.54, 1.807) is 18.2 Å². The van der Waals surface area contributed by atoms with Crippen molar-refractivity contribution in [1.82, 2.24) is 0 Å². The Labute approximate surface area is 215 Å². The van der Waals surface area contributed by atoms with Crippen LogP contribution in [0, 0.1) is 0 Å². The second-order valence-corrected chi connectivity index (χ2v) is 9.47. The summed E-state index contributed by atoms with van der Waals surface area (Å²) in [6.07, 6.45) is 7.15. The van der Waals surface area contributed by atoms with Crippen LogP contribution in [0.25, 0.3) is 11.1 Å². The molecule has 0 saturated heterocycles. The smallest absolute Gasteiger partial charge is 0.343 e. The highest BCUT2D eigenvalue weighted by Crippen LogP contribution is 2.37. The Kier molecular flexibility index (Phi) is 9.86. The summed E-state index contributed by atoms with van der Waals surface area (Å²) in [7, 11) is 0. The number of aryl methyl sites for hydroxylation is 1. The van der Waals surface area contributed by atoms with E-state index >= 15 is 0 Å². The number of unbranched alkanes of at least 4 members (excludes halogenated alkanes) is 2. The number of rotatable bonds is 12. The largest absolute Gasteiger partial charge is 0.478 e. The number of carboxylic acid groups (broad SMARTS) is 1. The van der Waals surface area contributed by atoms with Crippen molar-refractivity contribution in [1.29, 1.82) is 0 Å². The first kappa shape index (κ1) is 27.2. The van der Waals surface area contributed by atoms with Crippen molar-refractivity contribution in [3.8, 4) is 16.9 Å². The minimum Gasteiger partial charge on any atom is -0.478 e. The summed E-state index contributed by atoms with van der Waals surface area (Å²) >= 11 is 0. The molecule has 0 aliphatic carbocycles. The van der Waals surface area contributed by atoms with Crippen LogP contribution in [0.3, 0.4) is 0 Å². The van der Waals surface area contributed by atoms with Gasteiger partial charge in [0, 0.05) is 0 Å². The standard InChI is InChI=1S/C32H38O4/c1-5-8-10-22(4)30-27(7-3)29(31(33)34)21-20-28(30)24-16-18-26(19-17-24)36-32(35)25-14-12-23(13-15-25)11-9-6-2/h12-22H,5-11H2,1-4H3,(H,33,34). The molecule has 36 heavy (non-hydrogen) atoms. The third kappa shape index (κ3) is 6.63. The molecule has 0 aromatic heterocycles. The third-order valence-electron chi connectivity index (χ3n) is 6.81. The van der Waals surface area contributed by atoms with Crippen molar-refractivity contribution >= 4 is 11.9 Å². The van der Waals surface area contributed by atoms with Gasteiger partial charge in [-0.2, -0.15) is 0 Å². The molecule has 0 aliphatic rings. The zero-order valence-corrected chi connectivity index (χ0v) is 22.0. The van der Waals surface area contributed by atoms with Gasteiger partial charge in [-0.15, -0.1) is 0 Å². The maximum absolute atomic E-state index is 12.6. The fraction of sp³-hybridized carbons (Fsp3) is 0.375. The lowest BCUT2D eigenvalue weighted by Gasteiger charge is -2.22. The summed E-state index contributed by atoms with van der Waals surface area (Å²) in [5, 5.41) is 9.76. The normalized spacial score (nSPS) is 11.8. The molecule has 0 aliphatic heterocycles. The average molecular weight is 487 g/mol. The molecule has 3 aromatic carbocycles. The van der Waals surface area contributed by atoms with Gasteiger partial charge in [0.05, 0.1) is 11.1 Å². The van der Waals surface area contributed by atoms with Crippen LogP contribution in [0.2, 0.25) is 0 Å². The van der Waals surface area contributed by atoms with E-state index in [1.807, 2.05) is 49.4 Å². The first-order valence-corrected chi connectivity index (χ1v) is 13.2. The summed E-state index contributed by atoms with van der Waals surface area (Å²) in [6, 6.07) is 18.8. The van der Waals surface area contributed by atoms with E-state index in [1.165, 1.54) is 5.56 Å². The molecule has 4 nitrogen and oxygen atoms in total. The van der Waals surface area contributed by atoms with Gasteiger partial charge in [0.2, 0.25) is 0 Å². The Morgan fingerprint density at radius 1 is 0.861 bits per heavy atom. The van der Waals surface area contributed by atoms with Gasteiger partial charge in [-0.1, -0.05) is 77.3 Å². The minimum absolute atomic E-state index is 0.243. The lowest BCUT2D eigenvalue weighted by molar-refractivity contribution is 0.0693. The molecule has 3 rings (SSSR count). The van der Waals surface area contributed by atoms with E-state index < -0.39 is 5.97 Å². The second kappa shape index (κ2) is 13.1. The zero-order chi connectivity index (χ0) is 26.1. The van der Waals surface area contributed by atoms with Gasteiger partial charge in [-0.25, -0.2) is 9.59 Å². The highest BCUT2D eigenvalue weighted by atomic mass is 16.5. The maximum Gasteiger partial charge on any atom is 0.343 e. The number of carbonyl (C=O) groups excluding carboxylic acids is 1. The molecule has 0 fully saturated rings. The van der Waals surface area contributed by atoms with Crippen LogP contribution >= 0.6 is 0 Å². The molecule has 0 amide bonds. The molecule has 0 bridgehead atoms. The third-order valence-corrected chi connectivity index (χ3v) is 6.81. The molecule has 1 atom stereocenters. The molecule has 0 saturated carbocycles. The molecule has 0 radical (unpaired) electrons. The monoisotopic (exact) mass is 486 g/mol. The van der Waals surface area contributed by atoms with Crippen LogP contribution in [0.4, 0.5) is 0 Å². The van der Waals surface area contributed by atoms with Crippen LogP contribution in [-0.2, 0) is 12.8 Å². The van der Waals surface area contributed by atoms with E-state index in [2.05, 4.69) is 20.8 Å². The van der Waals surface area contributed by atoms with Gasteiger partial charge in [0.25, 0.3) is 0 Å². The zero-order valence-electron chi connectivity index (χ0n) is 22.0. The molecular formula is C32H38O4. The molecule has 3 aromatic rings. The highest BCUT2D eigenvalue weighted by Gasteiger charge is 2.21. The summed E-state index contributed by atoms with van der Waals surface area (Å²) < 4.78 is 5.62.